The van der Waals surface area contributed by atoms with Crippen molar-refractivity contribution in [2.24, 2.45) is 0 Å². The lowest BCUT2D eigenvalue weighted by Gasteiger charge is -2.16. The number of carbonyl (C=O) groups excluding carboxylic acids is 1. The fraction of sp³-hybridized carbons (Fsp3) is 0.200. The Hall–Kier alpha value is -3.35. The number of aryl methyl sites for hydroxylation is 1. The van der Waals surface area contributed by atoms with E-state index in [0.717, 1.165) is 16.8 Å². The Balaban J connectivity index is 1.53. The summed E-state index contributed by atoms with van der Waals surface area (Å²) in [6.45, 7) is 2.79. The number of hydrogen-bond donors (Lipinski definition) is 1. The molecule has 0 saturated carbocycles. The van der Waals surface area contributed by atoms with Crippen molar-refractivity contribution in [3.8, 4) is 11.3 Å². The Morgan fingerprint density at radius 3 is 2.70 bits per heavy atom. The van der Waals surface area contributed by atoms with Crippen LogP contribution >= 0.6 is 0 Å². The maximum Gasteiger partial charge on any atom is 0.229 e. The molecule has 2 N–H and O–H groups in total. The molecule has 0 unspecified atom stereocenters. The molecule has 1 aromatic carbocycles. The number of carbonyl (C=O) groups is 1. The van der Waals surface area contributed by atoms with Gasteiger partial charge < -0.3 is 10.6 Å². The molecular formula is C20H18FN5O. The number of aromatic nitrogens is 3. The number of halogens is 1. The lowest BCUT2D eigenvalue weighted by molar-refractivity contribution is -0.131. The number of rotatable bonds is 3. The third-order valence-electron chi connectivity index (χ3n) is 4.60. The normalized spacial score (nSPS) is 12.9. The van der Waals surface area contributed by atoms with Gasteiger partial charge in [-0.15, -0.1) is 0 Å². The third-order valence-corrected chi connectivity index (χ3v) is 4.60. The van der Waals surface area contributed by atoms with Gasteiger partial charge in [0.1, 0.15) is 11.6 Å². The number of pyridine rings is 1. The fourth-order valence-corrected chi connectivity index (χ4v) is 3.12. The molecule has 0 fully saturated rings. The average Bonchev–Trinajstić information content (AvgIpc) is 3.07. The number of hydrogen-bond acceptors (Lipinski definition) is 5. The van der Waals surface area contributed by atoms with Crippen LogP contribution in [0.3, 0.4) is 0 Å². The van der Waals surface area contributed by atoms with E-state index in [0.29, 0.717) is 36.0 Å². The molecule has 2 aromatic heterocycles. The van der Waals surface area contributed by atoms with E-state index in [-0.39, 0.29) is 18.1 Å². The smallest absolute Gasteiger partial charge is 0.229 e. The van der Waals surface area contributed by atoms with E-state index in [1.807, 2.05) is 6.92 Å². The lowest BCUT2D eigenvalue weighted by atomic mass is 10.1. The van der Waals surface area contributed by atoms with Crippen molar-refractivity contribution >= 4 is 11.6 Å². The van der Waals surface area contributed by atoms with Gasteiger partial charge in [-0.3, -0.25) is 9.78 Å². The number of fused-ring (bicyclic) bond motifs is 1. The zero-order chi connectivity index (χ0) is 19.0. The monoisotopic (exact) mass is 363 g/mol. The van der Waals surface area contributed by atoms with Crippen LogP contribution in [-0.4, -0.2) is 25.8 Å². The van der Waals surface area contributed by atoms with Gasteiger partial charge in [0.25, 0.3) is 0 Å². The van der Waals surface area contributed by atoms with Crippen LogP contribution in [0, 0.1) is 12.7 Å². The summed E-state index contributed by atoms with van der Waals surface area (Å²) >= 11 is 0. The molecule has 27 heavy (non-hydrogen) atoms. The predicted octanol–water partition coefficient (Wildman–Crippen LogP) is 2.65. The Labute approximate surface area is 155 Å². The highest BCUT2D eigenvalue weighted by Crippen LogP contribution is 2.24. The minimum absolute atomic E-state index is 0.0684. The standard InChI is InChI=1S/C20H18FN5O/c1-12-23-9-14-10-26(11-19(14)24-12)20(27)8-18-16(22)6-7-17(25-18)13-2-4-15(21)5-3-13/h2-7,9H,8,10-11,22H2,1H3. The van der Waals surface area contributed by atoms with Gasteiger partial charge in [-0.25, -0.2) is 14.4 Å². The van der Waals surface area contributed by atoms with E-state index < -0.39 is 0 Å². The molecule has 0 atom stereocenters. The van der Waals surface area contributed by atoms with Crippen molar-refractivity contribution in [3.63, 3.8) is 0 Å². The van der Waals surface area contributed by atoms with E-state index in [4.69, 9.17) is 5.73 Å². The number of nitrogens with zero attached hydrogens (tertiary/aromatic N) is 4. The number of nitrogen functional groups attached to an aromatic ring is 1. The molecule has 3 aromatic rings. The van der Waals surface area contributed by atoms with Gasteiger partial charge in [-0.05, 0) is 43.3 Å². The molecule has 0 radical (unpaired) electrons. The van der Waals surface area contributed by atoms with Crippen LogP contribution in [0.15, 0.2) is 42.6 Å². The molecule has 0 spiro atoms. The van der Waals surface area contributed by atoms with Gasteiger partial charge >= 0.3 is 0 Å². The second-order valence-electron chi connectivity index (χ2n) is 6.56. The van der Waals surface area contributed by atoms with Gasteiger partial charge in [-0.1, -0.05) is 0 Å². The van der Waals surface area contributed by atoms with Crippen molar-refractivity contribution in [3.05, 3.63) is 71.2 Å². The molecule has 1 aliphatic heterocycles. The van der Waals surface area contributed by atoms with E-state index >= 15 is 0 Å². The van der Waals surface area contributed by atoms with Crippen LogP contribution < -0.4 is 5.73 Å². The van der Waals surface area contributed by atoms with Crippen molar-refractivity contribution in [1.29, 1.82) is 0 Å². The molecule has 1 aliphatic rings. The topological polar surface area (TPSA) is 85.0 Å². The number of nitrogens with two attached hydrogens (primary N) is 1. The molecule has 136 valence electrons. The maximum atomic E-state index is 13.1. The highest BCUT2D eigenvalue weighted by atomic mass is 19.1. The van der Waals surface area contributed by atoms with Gasteiger partial charge in [0.15, 0.2) is 0 Å². The van der Waals surface area contributed by atoms with Crippen molar-refractivity contribution < 1.29 is 9.18 Å². The average molecular weight is 363 g/mol. The van der Waals surface area contributed by atoms with Crippen LogP contribution in [0.5, 0.6) is 0 Å². The van der Waals surface area contributed by atoms with Crippen LogP contribution in [0.1, 0.15) is 22.8 Å². The second-order valence-corrected chi connectivity index (χ2v) is 6.56. The predicted molar refractivity (Wildman–Crippen MR) is 98.8 cm³/mol. The maximum absolute atomic E-state index is 13.1. The lowest BCUT2D eigenvalue weighted by Crippen LogP contribution is -2.27. The molecular weight excluding hydrogens is 345 g/mol. The minimum atomic E-state index is -0.309. The van der Waals surface area contributed by atoms with Crippen LogP contribution in [0.25, 0.3) is 11.3 Å². The Morgan fingerprint density at radius 1 is 1.15 bits per heavy atom. The molecule has 0 aliphatic carbocycles. The first-order chi connectivity index (χ1) is 13.0. The Kier molecular flexibility index (Phi) is 4.27. The number of anilines is 1. The van der Waals surface area contributed by atoms with Crippen molar-refractivity contribution in [2.45, 2.75) is 26.4 Å². The zero-order valence-corrected chi connectivity index (χ0v) is 14.8. The first kappa shape index (κ1) is 17.1. The molecule has 0 bridgehead atoms. The van der Waals surface area contributed by atoms with Crippen molar-refractivity contribution in [2.75, 3.05) is 5.73 Å². The molecule has 4 rings (SSSR count). The summed E-state index contributed by atoms with van der Waals surface area (Å²) in [5.74, 6) is 0.318. The van der Waals surface area contributed by atoms with Gasteiger partial charge in [-0.2, -0.15) is 0 Å². The minimum Gasteiger partial charge on any atom is -0.397 e. The quantitative estimate of drug-likeness (QED) is 0.773. The van der Waals surface area contributed by atoms with Crippen molar-refractivity contribution in [1.82, 2.24) is 19.9 Å². The van der Waals surface area contributed by atoms with Gasteiger partial charge in [0, 0.05) is 23.9 Å². The molecule has 1 amide bonds. The second kappa shape index (κ2) is 6.75. The summed E-state index contributed by atoms with van der Waals surface area (Å²) in [5.41, 5.74) is 10.3. The Morgan fingerprint density at radius 2 is 1.93 bits per heavy atom. The molecule has 3 heterocycles. The largest absolute Gasteiger partial charge is 0.397 e. The highest BCUT2D eigenvalue weighted by Gasteiger charge is 2.25. The van der Waals surface area contributed by atoms with E-state index in [1.165, 1.54) is 12.1 Å². The first-order valence-corrected chi connectivity index (χ1v) is 8.60. The summed E-state index contributed by atoms with van der Waals surface area (Å²) in [6, 6.07) is 9.54. The summed E-state index contributed by atoms with van der Waals surface area (Å²) < 4.78 is 13.1. The number of benzene rings is 1. The van der Waals surface area contributed by atoms with E-state index in [9.17, 15) is 9.18 Å². The van der Waals surface area contributed by atoms with Crippen LogP contribution in [0.2, 0.25) is 0 Å². The third kappa shape index (κ3) is 3.48. The summed E-state index contributed by atoms with van der Waals surface area (Å²) in [4.78, 5) is 27.6. The SMILES string of the molecule is Cc1ncc2c(n1)CN(C(=O)Cc1nc(-c3ccc(F)cc3)ccc1N)C2. The summed E-state index contributed by atoms with van der Waals surface area (Å²) in [5, 5.41) is 0. The summed E-state index contributed by atoms with van der Waals surface area (Å²) in [6.07, 6.45) is 1.87. The fourth-order valence-electron chi connectivity index (χ4n) is 3.12. The van der Waals surface area contributed by atoms with Gasteiger partial charge in [0.2, 0.25) is 5.91 Å². The zero-order valence-electron chi connectivity index (χ0n) is 14.8. The molecule has 7 heteroatoms. The summed E-state index contributed by atoms with van der Waals surface area (Å²) in [7, 11) is 0. The van der Waals surface area contributed by atoms with Crippen LogP contribution in [0.4, 0.5) is 10.1 Å². The van der Waals surface area contributed by atoms with Crippen LogP contribution in [-0.2, 0) is 24.3 Å². The van der Waals surface area contributed by atoms with E-state index in [1.54, 1.807) is 35.4 Å². The van der Waals surface area contributed by atoms with Gasteiger partial charge in [0.05, 0.1) is 35.7 Å². The number of amides is 1. The highest BCUT2D eigenvalue weighted by molar-refractivity contribution is 5.80. The van der Waals surface area contributed by atoms with E-state index in [2.05, 4.69) is 15.0 Å². The molecule has 0 saturated heterocycles. The molecule has 6 nitrogen and oxygen atoms in total. The first-order valence-electron chi connectivity index (χ1n) is 8.60. The Bertz CT molecular complexity index is 1020.